The molecule has 2 rings (SSSR count). The van der Waals surface area contributed by atoms with Gasteiger partial charge in [0.15, 0.2) is 0 Å². The second kappa shape index (κ2) is 8.17. The van der Waals surface area contributed by atoms with Gasteiger partial charge in [-0.25, -0.2) is 4.39 Å². The number of carbonyl (C=O) groups is 1. The van der Waals surface area contributed by atoms with Gasteiger partial charge in [-0.2, -0.15) is 0 Å². The molecule has 0 saturated heterocycles. The van der Waals surface area contributed by atoms with Gasteiger partial charge in [-0.05, 0) is 50.2 Å². The summed E-state index contributed by atoms with van der Waals surface area (Å²) < 4.78 is 13.5. The predicted molar refractivity (Wildman–Crippen MR) is 93.5 cm³/mol. The summed E-state index contributed by atoms with van der Waals surface area (Å²) in [5.41, 5.74) is 2.19. The van der Waals surface area contributed by atoms with Crippen molar-refractivity contribution in [1.29, 1.82) is 0 Å². The van der Waals surface area contributed by atoms with E-state index < -0.39 is 5.82 Å². The Morgan fingerprint density at radius 2 is 1.70 bits per heavy atom. The van der Waals surface area contributed by atoms with Crippen LogP contribution in [-0.4, -0.2) is 25.5 Å². The third kappa shape index (κ3) is 4.71. The van der Waals surface area contributed by atoms with Crippen LogP contribution in [0.2, 0.25) is 0 Å². The maximum absolute atomic E-state index is 13.5. The molecular formula is C18H22FN3O. The lowest BCUT2D eigenvalue weighted by atomic mass is 10.2. The maximum atomic E-state index is 13.5. The zero-order valence-corrected chi connectivity index (χ0v) is 13.5. The van der Waals surface area contributed by atoms with Gasteiger partial charge in [0.1, 0.15) is 5.82 Å². The van der Waals surface area contributed by atoms with Crippen molar-refractivity contribution in [2.45, 2.75) is 13.8 Å². The van der Waals surface area contributed by atoms with E-state index in [0.717, 1.165) is 24.5 Å². The molecule has 0 radical (unpaired) electrons. The van der Waals surface area contributed by atoms with Crippen LogP contribution in [0.15, 0.2) is 48.5 Å². The SMILES string of the molecule is CCN(CC)c1ccc(NCC(=O)Nc2ccccc2F)cc1. The summed E-state index contributed by atoms with van der Waals surface area (Å²) >= 11 is 0. The van der Waals surface area contributed by atoms with Crippen molar-refractivity contribution in [3.63, 3.8) is 0 Å². The standard InChI is InChI=1S/C18H22FN3O/c1-3-22(4-2)15-11-9-14(10-12-15)20-13-18(23)21-17-8-6-5-7-16(17)19/h5-12,20H,3-4,13H2,1-2H3,(H,21,23). The van der Waals surface area contributed by atoms with E-state index in [1.54, 1.807) is 12.1 Å². The summed E-state index contributed by atoms with van der Waals surface area (Å²) in [6.45, 7) is 6.22. The molecule has 0 bridgehead atoms. The zero-order chi connectivity index (χ0) is 16.7. The second-order valence-electron chi connectivity index (χ2n) is 5.10. The van der Waals surface area contributed by atoms with E-state index >= 15 is 0 Å². The quantitative estimate of drug-likeness (QED) is 0.818. The van der Waals surface area contributed by atoms with Crippen LogP contribution < -0.4 is 15.5 Å². The predicted octanol–water partition coefficient (Wildman–Crippen LogP) is 3.72. The summed E-state index contributed by atoms with van der Waals surface area (Å²) in [6, 6.07) is 14.0. The molecule has 0 aliphatic carbocycles. The smallest absolute Gasteiger partial charge is 0.243 e. The number of anilines is 3. The highest BCUT2D eigenvalue weighted by atomic mass is 19.1. The fourth-order valence-corrected chi connectivity index (χ4v) is 2.32. The molecule has 0 aliphatic heterocycles. The Morgan fingerprint density at radius 1 is 1.04 bits per heavy atom. The van der Waals surface area contributed by atoms with Crippen molar-refractivity contribution in [1.82, 2.24) is 0 Å². The molecular weight excluding hydrogens is 293 g/mol. The lowest BCUT2D eigenvalue weighted by molar-refractivity contribution is -0.114. The van der Waals surface area contributed by atoms with Crippen molar-refractivity contribution in [3.8, 4) is 0 Å². The molecule has 2 aromatic rings. The van der Waals surface area contributed by atoms with E-state index in [0.29, 0.717) is 0 Å². The number of rotatable bonds is 7. The van der Waals surface area contributed by atoms with Gasteiger partial charge in [0, 0.05) is 24.5 Å². The molecule has 0 aromatic heterocycles. The molecule has 0 spiro atoms. The number of hydrogen-bond acceptors (Lipinski definition) is 3. The molecule has 1 amide bonds. The first-order chi connectivity index (χ1) is 11.1. The number of hydrogen-bond donors (Lipinski definition) is 2. The van der Waals surface area contributed by atoms with Gasteiger partial charge in [-0.1, -0.05) is 12.1 Å². The third-order valence-corrected chi connectivity index (χ3v) is 3.60. The molecule has 2 N–H and O–H groups in total. The van der Waals surface area contributed by atoms with Crippen molar-refractivity contribution < 1.29 is 9.18 Å². The fourth-order valence-electron chi connectivity index (χ4n) is 2.32. The van der Waals surface area contributed by atoms with Gasteiger partial charge in [-0.15, -0.1) is 0 Å². The molecule has 0 fully saturated rings. The largest absolute Gasteiger partial charge is 0.376 e. The first-order valence-corrected chi connectivity index (χ1v) is 7.77. The van der Waals surface area contributed by atoms with Gasteiger partial charge >= 0.3 is 0 Å². The average Bonchev–Trinajstić information content (AvgIpc) is 2.57. The van der Waals surface area contributed by atoms with Gasteiger partial charge < -0.3 is 15.5 Å². The summed E-state index contributed by atoms with van der Waals surface area (Å²) in [7, 11) is 0. The number of nitrogens with zero attached hydrogens (tertiary/aromatic N) is 1. The highest BCUT2D eigenvalue weighted by molar-refractivity contribution is 5.93. The number of amides is 1. The van der Waals surface area contributed by atoms with Crippen molar-refractivity contribution in [2.75, 3.05) is 35.2 Å². The highest BCUT2D eigenvalue weighted by Crippen LogP contribution is 2.17. The monoisotopic (exact) mass is 315 g/mol. The number of benzene rings is 2. The first-order valence-electron chi connectivity index (χ1n) is 7.77. The number of nitrogens with one attached hydrogen (secondary N) is 2. The normalized spacial score (nSPS) is 10.2. The van der Waals surface area contributed by atoms with Gasteiger partial charge in [0.2, 0.25) is 5.91 Å². The minimum atomic E-state index is -0.440. The minimum absolute atomic E-state index is 0.0823. The zero-order valence-electron chi connectivity index (χ0n) is 13.5. The van der Waals surface area contributed by atoms with Crippen LogP contribution in [0.25, 0.3) is 0 Å². The first kappa shape index (κ1) is 16.8. The Kier molecular flexibility index (Phi) is 5.97. The Morgan fingerprint density at radius 3 is 2.30 bits per heavy atom. The molecule has 0 saturated carbocycles. The highest BCUT2D eigenvalue weighted by Gasteiger charge is 2.06. The lowest BCUT2D eigenvalue weighted by Gasteiger charge is -2.21. The molecule has 0 aliphatic rings. The Labute approximate surface area is 136 Å². The summed E-state index contributed by atoms with van der Waals surface area (Å²) in [4.78, 5) is 14.1. The van der Waals surface area contributed by atoms with Crippen LogP contribution in [0.5, 0.6) is 0 Å². The number of carbonyl (C=O) groups excluding carboxylic acids is 1. The average molecular weight is 315 g/mol. The van der Waals surface area contributed by atoms with Crippen molar-refractivity contribution in [3.05, 3.63) is 54.3 Å². The van der Waals surface area contributed by atoms with E-state index in [2.05, 4.69) is 29.4 Å². The van der Waals surface area contributed by atoms with Gasteiger partial charge in [0.05, 0.1) is 12.2 Å². The molecule has 122 valence electrons. The van der Waals surface area contributed by atoms with Crippen LogP contribution in [0.3, 0.4) is 0 Å². The molecule has 5 heteroatoms. The van der Waals surface area contributed by atoms with E-state index in [4.69, 9.17) is 0 Å². The third-order valence-electron chi connectivity index (χ3n) is 3.60. The summed E-state index contributed by atoms with van der Waals surface area (Å²) in [6.07, 6.45) is 0. The van der Waals surface area contributed by atoms with E-state index in [-0.39, 0.29) is 18.1 Å². The summed E-state index contributed by atoms with van der Waals surface area (Å²) in [5, 5.41) is 5.58. The van der Waals surface area contributed by atoms with E-state index in [1.165, 1.54) is 12.1 Å². The lowest BCUT2D eigenvalue weighted by Crippen LogP contribution is -2.23. The Bertz CT molecular complexity index is 639. The van der Waals surface area contributed by atoms with Crippen LogP contribution >= 0.6 is 0 Å². The van der Waals surface area contributed by atoms with E-state index in [9.17, 15) is 9.18 Å². The molecule has 2 aromatic carbocycles. The number of halogens is 1. The minimum Gasteiger partial charge on any atom is -0.376 e. The van der Waals surface area contributed by atoms with Gasteiger partial charge in [0.25, 0.3) is 0 Å². The van der Waals surface area contributed by atoms with Crippen molar-refractivity contribution in [2.24, 2.45) is 0 Å². The maximum Gasteiger partial charge on any atom is 0.243 e. The molecule has 0 heterocycles. The van der Waals surface area contributed by atoms with Crippen LogP contribution in [0.1, 0.15) is 13.8 Å². The van der Waals surface area contributed by atoms with Crippen LogP contribution in [0, 0.1) is 5.82 Å². The topological polar surface area (TPSA) is 44.4 Å². The van der Waals surface area contributed by atoms with Gasteiger partial charge in [-0.3, -0.25) is 4.79 Å². The number of para-hydroxylation sites is 1. The summed E-state index contributed by atoms with van der Waals surface area (Å²) in [5.74, 6) is -0.729. The second-order valence-corrected chi connectivity index (χ2v) is 5.10. The molecule has 0 atom stereocenters. The Hall–Kier alpha value is -2.56. The van der Waals surface area contributed by atoms with Crippen LogP contribution in [-0.2, 0) is 4.79 Å². The molecule has 4 nitrogen and oxygen atoms in total. The van der Waals surface area contributed by atoms with Crippen LogP contribution in [0.4, 0.5) is 21.5 Å². The molecule has 23 heavy (non-hydrogen) atoms. The fraction of sp³-hybridized carbons (Fsp3) is 0.278. The molecule has 0 unspecified atom stereocenters. The Balaban J connectivity index is 1.88. The van der Waals surface area contributed by atoms with E-state index in [1.807, 2.05) is 24.3 Å². The van der Waals surface area contributed by atoms with Crippen molar-refractivity contribution >= 4 is 23.0 Å².